The first-order valence-corrected chi connectivity index (χ1v) is 7.88. The molecule has 0 spiro atoms. The van der Waals surface area contributed by atoms with Crippen LogP contribution in [0.5, 0.6) is 11.5 Å². The number of aliphatic imine (C=N–C) groups is 1. The molecule has 0 aliphatic heterocycles. The smallest absolute Gasteiger partial charge is 0.239 e. The van der Waals surface area contributed by atoms with Crippen molar-refractivity contribution >= 4 is 41.5 Å². The Morgan fingerprint density at radius 2 is 1.92 bits per heavy atom. The molecular formula is C17H29IN4O3. The van der Waals surface area contributed by atoms with Crippen LogP contribution in [0.4, 0.5) is 5.69 Å². The molecule has 1 amide bonds. The van der Waals surface area contributed by atoms with Crippen molar-refractivity contribution in [2.75, 3.05) is 32.6 Å². The van der Waals surface area contributed by atoms with Gasteiger partial charge in [0, 0.05) is 24.3 Å². The fourth-order valence-electron chi connectivity index (χ4n) is 1.96. The van der Waals surface area contributed by atoms with Gasteiger partial charge in [-0.3, -0.25) is 9.79 Å². The third-order valence-electron chi connectivity index (χ3n) is 2.88. The number of carbonyl (C=O) groups is 1. The number of methoxy groups -OCH3 is 1. The second kappa shape index (κ2) is 11.0. The van der Waals surface area contributed by atoms with E-state index in [1.807, 2.05) is 45.9 Å². The zero-order valence-corrected chi connectivity index (χ0v) is 18.1. The molecule has 0 atom stereocenters. The summed E-state index contributed by atoms with van der Waals surface area (Å²) in [7, 11) is 3.23. The minimum atomic E-state index is -0.266. The minimum absolute atomic E-state index is 0. The van der Waals surface area contributed by atoms with E-state index in [4.69, 9.17) is 9.47 Å². The Balaban J connectivity index is 0.00000576. The van der Waals surface area contributed by atoms with E-state index in [1.165, 1.54) is 0 Å². The Hall–Kier alpha value is -1.71. The molecule has 0 aromatic heterocycles. The average Bonchev–Trinajstić information content (AvgIpc) is 2.51. The van der Waals surface area contributed by atoms with E-state index in [0.29, 0.717) is 24.1 Å². The molecule has 1 aromatic carbocycles. The normalized spacial score (nSPS) is 11.2. The summed E-state index contributed by atoms with van der Waals surface area (Å²) in [4.78, 5) is 16.0. The zero-order valence-electron chi connectivity index (χ0n) is 15.7. The maximum atomic E-state index is 11.9. The third kappa shape index (κ3) is 8.80. The number of amides is 1. The first-order chi connectivity index (χ1) is 11.3. The van der Waals surface area contributed by atoms with Gasteiger partial charge < -0.3 is 25.4 Å². The molecular weight excluding hydrogens is 435 g/mol. The van der Waals surface area contributed by atoms with Crippen molar-refractivity contribution in [3.63, 3.8) is 0 Å². The lowest BCUT2D eigenvalue weighted by molar-refractivity contribution is -0.121. The molecule has 0 radical (unpaired) electrons. The fourth-order valence-corrected chi connectivity index (χ4v) is 1.96. The number of carbonyl (C=O) groups excluding carboxylic acids is 1. The van der Waals surface area contributed by atoms with Crippen molar-refractivity contribution in [1.82, 2.24) is 10.6 Å². The molecule has 0 heterocycles. The molecule has 25 heavy (non-hydrogen) atoms. The number of nitrogens with zero attached hydrogens (tertiary/aromatic N) is 1. The molecule has 0 aliphatic carbocycles. The van der Waals surface area contributed by atoms with Gasteiger partial charge in [0.2, 0.25) is 5.91 Å². The summed E-state index contributed by atoms with van der Waals surface area (Å²) in [6, 6.07) is 5.49. The SMILES string of the molecule is CCOc1ccc(NC(=NC)NCC(=O)NC(C)(C)C)cc1OC.I. The number of guanidine groups is 1. The van der Waals surface area contributed by atoms with Gasteiger partial charge in [-0.05, 0) is 39.8 Å². The van der Waals surface area contributed by atoms with Crippen molar-refractivity contribution in [1.29, 1.82) is 0 Å². The molecule has 0 aliphatic rings. The predicted octanol–water partition coefficient (Wildman–Crippen LogP) is 2.61. The molecule has 1 rings (SSSR count). The molecule has 8 heteroatoms. The van der Waals surface area contributed by atoms with E-state index in [-0.39, 0.29) is 42.0 Å². The third-order valence-corrected chi connectivity index (χ3v) is 2.88. The highest BCUT2D eigenvalue weighted by Crippen LogP contribution is 2.30. The Kier molecular flexibility index (Phi) is 10.3. The number of ether oxygens (including phenoxy) is 2. The number of anilines is 1. The molecule has 0 fully saturated rings. The van der Waals surface area contributed by atoms with Gasteiger partial charge in [-0.1, -0.05) is 0 Å². The summed E-state index contributed by atoms with van der Waals surface area (Å²) in [6.45, 7) is 8.42. The maximum Gasteiger partial charge on any atom is 0.239 e. The maximum absolute atomic E-state index is 11.9. The highest BCUT2D eigenvalue weighted by molar-refractivity contribution is 14.0. The van der Waals surface area contributed by atoms with E-state index >= 15 is 0 Å². The number of hydrogen-bond acceptors (Lipinski definition) is 4. The second-order valence-electron chi connectivity index (χ2n) is 6.15. The highest BCUT2D eigenvalue weighted by atomic mass is 127. The molecule has 0 bridgehead atoms. The summed E-state index contributed by atoms with van der Waals surface area (Å²) >= 11 is 0. The molecule has 7 nitrogen and oxygen atoms in total. The topological polar surface area (TPSA) is 84.0 Å². The Labute approximate surface area is 167 Å². The van der Waals surface area contributed by atoms with Crippen molar-refractivity contribution < 1.29 is 14.3 Å². The first kappa shape index (κ1) is 23.3. The summed E-state index contributed by atoms with van der Waals surface area (Å²) < 4.78 is 10.8. The Bertz CT molecular complexity index is 586. The molecule has 0 saturated carbocycles. The highest BCUT2D eigenvalue weighted by Gasteiger charge is 2.14. The number of hydrogen-bond donors (Lipinski definition) is 3. The van der Waals surface area contributed by atoms with E-state index in [9.17, 15) is 4.79 Å². The number of rotatable bonds is 6. The van der Waals surface area contributed by atoms with Crippen LogP contribution in [0.15, 0.2) is 23.2 Å². The minimum Gasteiger partial charge on any atom is -0.493 e. The van der Waals surface area contributed by atoms with Crippen LogP contribution in [-0.4, -0.2) is 44.7 Å². The van der Waals surface area contributed by atoms with Crippen LogP contribution in [0.3, 0.4) is 0 Å². The molecule has 3 N–H and O–H groups in total. The predicted molar refractivity (Wildman–Crippen MR) is 112 cm³/mol. The van der Waals surface area contributed by atoms with Crippen LogP contribution in [0, 0.1) is 0 Å². The van der Waals surface area contributed by atoms with Crippen molar-refractivity contribution in [3.05, 3.63) is 18.2 Å². The largest absolute Gasteiger partial charge is 0.493 e. The van der Waals surface area contributed by atoms with Crippen LogP contribution in [0.2, 0.25) is 0 Å². The molecule has 0 unspecified atom stereocenters. The number of nitrogens with one attached hydrogen (secondary N) is 3. The van der Waals surface area contributed by atoms with Crippen LogP contribution in [0.1, 0.15) is 27.7 Å². The van der Waals surface area contributed by atoms with Gasteiger partial charge in [-0.2, -0.15) is 0 Å². The molecule has 0 saturated heterocycles. The monoisotopic (exact) mass is 464 g/mol. The Morgan fingerprint density at radius 3 is 2.44 bits per heavy atom. The van der Waals surface area contributed by atoms with Gasteiger partial charge in [-0.25, -0.2) is 0 Å². The second-order valence-corrected chi connectivity index (χ2v) is 6.15. The van der Waals surface area contributed by atoms with Gasteiger partial charge in [0.1, 0.15) is 0 Å². The summed E-state index contributed by atoms with van der Waals surface area (Å²) in [5.74, 6) is 1.70. The Morgan fingerprint density at radius 1 is 1.24 bits per heavy atom. The summed E-state index contributed by atoms with van der Waals surface area (Å²) in [5.41, 5.74) is 0.512. The van der Waals surface area contributed by atoms with Gasteiger partial charge in [0.25, 0.3) is 0 Å². The average molecular weight is 464 g/mol. The summed E-state index contributed by atoms with van der Waals surface area (Å²) in [5, 5.41) is 8.97. The first-order valence-electron chi connectivity index (χ1n) is 7.88. The van der Waals surface area contributed by atoms with Crippen LogP contribution in [-0.2, 0) is 4.79 Å². The lowest BCUT2D eigenvalue weighted by Gasteiger charge is -2.21. The van der Waals surface area contributed by atoms with E-state index in [1.54, 1.807) is 14.2 Å². The molecule has 1 aromatic rings. The quantitative estimate of drug-likeness (QED) is 0.343. The van der Waals surface area contributed by atoms with E-state index in [0.717, 1.165) is 5.69 Å². The van der Waals surface area contributed by atoms with Crippen LogP contribution in [0.25, 0.3) is 0 Å². The number of halogens is 1. The van der Waals surface area contributed by atoms with Gasteiger partial charge in [0.15, 0.2) is 17.5 Å². The zero-order chi connectivity index (χ0) is 18.2. The van der Waals surface area contributed by atoms with E-state index in [2.05, 4.69) is 20.9 Å². The number of benzene rings is 1. The van der Waals surface area contributed by atoms with Gasteiger partial charge >= 0.3 is 0 Å². The van der Waals surface area contributed by atoms with Gasteiger partial charge in [-0.15, -0.1) is 24.0 Å². The van der Waals surface area contributed by atoms with Crippen molar-refractivity contribution in [2.24, 2.45) is 4.99 Å². The molecule has 142 valence electrons. The van der Waals surface area contributed by atoms with Crippen LogP contribution < -0.4 is 25.4 Å². The van der Waals surface area contributed by atoms with Crippen molar-refractivity contribution in [2.45, 2.75) is 33.2 Å². The lowest BCUT2D eigenvalue weighted by Crippen LogP contribution is -2.46. The summed E-state index contributed by atoms with van der Waals surface area (Å²) in [6.07, 6.45) is 0. The standard InChI is InChI=1S/C17H28N4O3.HI/c1-7-24-13-9-8-12(10-14(13)23-6)20-16(18-5)19-11-15(22)21-17(2,3)4;/h8-10H,7,11H2,1-6H3,(H,21,22)(H2,18,19,20);1H. The van der Waals surface area contributed by atoms with Crippen LogP contribution >= 0.6 is 24.0 Å². The lowest BCUT2D eigenvalue weighted by atomic mass is 10.1. The van der Waals surface area contributed by atoms with Gasteiger partial charge in [0.05, 0.1) is 20.3 Å². The van der Waals surface area contributed by atoms with E-state index < -0.39 is 0 Å². The fraction of sp³-hybridized carbons (Fsp3) is 0.529. The van der Waals surface area contributed by atoms with Crippen molar-refractivity contribution in [3.8, 4) is 11.5 Å².